The molecular formula is C19H25N3O2S. The molecule has 0 aliphatic heterocycles. The van der Waals surface area contributed by atoms with E-state index in [1.807, 2.05) is 23.6 Å². The zero-order valence-corrected chi connectivity index (χ0v) is 15.3. The number of hydrogen-bond acceptors (Lipinski definition) is 5. The lowest BCUT2D eigenvalue weighted by Crippen LogP contribution is -2.27. The topological polar surface area (TPSA) is 64.1 Å². The molecule has 1 amide bonds. The fourth-order valence-corrected chi connectivity index (χ4v) is 3.80. The van der Waals surface area contributed by atoms with Crippen LogP contribution >= 0.6 is 11.3 Å². The normalized spacial score (nSPS) is 15.2. The van der Waals surface area contributed by atoms with Crippen molar-refractivity contribution in [2.45, 2.75) is 51.0 Å². The molecule has 3 rings (SSSR count). The van der Waals surface area contributed by atoms with Crippen molar-refractivity contribution in [3.05, 3.63) is 35.5 Å². The number of hydrogen-bond donors (Lipinski definition) is 1. The number of ether oxygens (including phenoxy) is 1. The molecule has 1 N–H and O–H groups in total. The second-order valence-corrected chi connectivity index (χ2v) is 7.23. The number of amides is 1. The SMILES string of the molecule is O=C(Cc1csc(-c2ccccn2)n1)NCCCOC1CCCCC1. The van der Waals surface area contributed by atoms with E-state index in [0.717, 1.165) is 29.4 Å². The number of carbonyl (C=O) groups is 1. The Balaban J connectivity index is 1.33. The van der Waals surface area contributed by atoms with Gasteiger partial charge in [-0.3, -0.25) is 9.78 Å². The highest BCUT2D eigenvalue weighted by atomic mass is 32.1. The van der Waals surface area contributed by atoms with Gasteiger partial charge in [0.1, 0.15) is 5.01 Å². The van der Waals surface area contributed by atoms with E-state index in [0.29, 0.717) is 19.1 Å². The molecule has 1 aliphatic carbocycles. The van der Waals surface area contributed by atoms with E-state index in [1.165, 1.54) is 43.4 Å². The van der Waals surface area contributed by atoms with Gasteiger partial charge in [0.2, 0.25) is 5.91 Å². The van der Waals surface area contributed by atoms with Gasteiger partial charge in [-0.05, 0) is 31.4 Å². The van der Waals surface area contributed by atoms with Gasteiger partial charge in [-0.15, -0.1) is 11.3 Å². The molecule has 0 atom stereocenters. The highest BCUT2D eigenvalue weighted by Crippen LogP contribution is 2.21. The second-order valence-electron chi connectivity index (χ2n) is 6.37. The molecule has 6 heteroatoms. The van der Waals surface area contributed by atoms with Crippen molar-refractivity contribution >= 4 is 17.2 Å². The van der Waals surface area contributed by atoms with Crippen LogP contribution in [0.4, 0.5) is 0 Å². The van der Waals surface area contributed by atoms with E-state index in [2.05, 4.69) is 15.3 Å². The first kappa shape index (κ1) is 18.0. The molecule has 0 radical (unpaired) electrons. The number of nitrogens with zero attached hydrogens (tertiary/aromatic N) is 2. The second kappa shape index (κ2) is 9.63. The summed E-state index contributed by atoms with van der Waals surface area (Å²) in [7, 11) is 0. The van der Waals surface area contributed by atoms with Gasteiger partial charge >= 0.3 is 0 Å². The minimum atomic E-state index is 0.00976. The molecule has 134 valence electrons. The van der Waals surface area contributed by atoms with Gasteiger partial charge in [-0.25, -0.2) is 4.98 Å². The Bertz CT molecular complexity index is 654. The number of pyridine rings is 1. The highest BCUT2D eigenvalue weighted by Gasteiger charge is 2.13. The van der Waals surface area contributed by atoms with Crippen LogP contribution < -0.4 is 5.32 Å². The minimum Gasteiger partial charge on any atom is -0.378 e. The third kappa shape index (κ3) is 5.90. The fraction of sp³-hybridized carbons (Fsp3) is 0.526. The zero-order chi connectivity index (χ0) is 17.3. The van der Waals surface area contributed by atoms with Crippen molar-refractivity contribution in [3.63, 3.8) is 0 Å². The number of carbonyl (C=O) groups excluding carboxylic acids is 1. The Morgan fingerprint density at radius 2 is 2.16 bits per heavy atom. The predicted molar refractivity (Wildman–Crippen MR) is 99.5 cm³/mol. The lowest BCUT2D eigenvalue weighted by Gasteiger charge is -2.21. The van der Waals surface area contributed by atoms with Crippen LogP contribution in [0.3, 0.4) is 0 Å². The van der Waals surface area contributed by atoms with Crippen LogP contribution in [0.2, 0.25) is 0 Å². The average molecular weight is 359 g/mol. The minimum absolute atomic E-state index is 0.00976. The van der Waals surface area contributed by atoms with Gasteiger partial charge in [-0.1, -0.05) is 25.3 Å². The Labute approximate surface area is 152 Å². The van der Waals surface area contributed by atoms with E-state index < -0.39 is 0 Å². The van der Waals surface area contributed by atoms with Gasteiger partial charge in [0, 0.05) is 24.7 Å². The summed E-state index contributed by atoms with van der Waals surface area (Å²) < 4.78 is 5.87. The molecule has 1 saturated carbocycles. The average Bonchev–Trinajstić information content (AvgIpc) is 3.11. The molecule has 0 unspecified atom stereocenters. The monoisotopic (exact) mass is 359 g/mol. The summed E-state index contributed by atoms with van der Waals surface area (Å²) in [6.45, 7) is 1.38. The summed E-state index contributed by atoms with van der Waals surface area (Å²) in [4.78, 5) is 20.8. The van der Waals surface area contributed by atoms with Crippen molar-refractivity contribution in [2.24, 2.45) is 0 Å². The van der Waals surface area contributed by atoms with Crippen LogP contribution in [0.15, 0.2) is 29.8 Å². The Morgan fingerprint density at radius 3 is 2.96 bits per heavy atom. The van der Waals surface area contributed by atoms with Crippen LogP contribution in [-0.4, -0.2) is 35.1 Å². The zero-order valence-electron chi connectivity index (χ0n) is 14.4. The van der Waals surface area contributed by atoms with Crippen LogP contribution in [0, 0.1) is 0 Å². The van der Waals surface area contributed by atoms with E-state index in [4.69, 9.17) is 4.74 Å². The summed E-state index contributed by atoms with van der Waals surface area (Å²) in [5.74, 6) is 0.00976. The van der Waals surface area contributed by atoms with Crippen molar-refractivity contribution in [1.29, 1.82) is 0 Å². The largest absolute Gasteiger partial charge is 0.378 e. The molecule has 0 saturated heterocycles. The van der Waals surface area contributed by atoms with Gasteiger partial charge in [0.05, 0.1) is 23.9 Å². The van der Waals surface area contributed by atoms with Crippen LogP contribution in [0.25, 0.3) is 10.7 Å². The maximum absolute atomic E-state index is 12.0. The van der Waals surface area contributed by atoms with Crippen LogP contribution in [0.1, 0.15) is 44.2 Å². The summed E-state index contributed by atoms with van der Waals surface area (Å²) in [6.07, 6.45) is 9.65. The summed E-state index contributed by atoms with van der Waals surface area (Å²) in [5, 5.41) is 5.73. The highest BCUT2D eigenvalue weighted by molar-refractivity contribution is 7.13. The van der Waals surface area contributed by atoms with Crippen LogP contribution in [0.5, 0.6) is 0 Å². The number of thiazole rings is 1. The first-order valence-electron chi connectivity index (χ1n) is 9.05. The molecule has 1 fully saturated rings. The Hall–Kier alpha value is -1.79. The quantitative estimate of drug-likeness (QED) is 0.732. The van der Waals surface area contributed by atoms with Gasteiger partial charge < -0.3 is 10.1 Å². The summed E-state index contributed by atoms with van der Waals surface area (Å²) in [6, 6.07) is 5.74. The summed E-state index contributed by atoms with van der Waals surface area (Å²) >= 11 is 1.52. The Kier molecular flexibility index (Phi) is 6.94. The van der Waals surface area contributed by atoms with E-state index in [1.54, 1.807) is 6.20 Å². The third-order valence-electron chi connectivity index (χ3n) is 4.33. The smallest absolute Gasteiger partial charge is 0.226 e. The number of aromatic nitrogens is 2. The van der Waals surface area contributed by atoms with Gasteiger partial charge in [0.25, 0.3) is 0 Å². The number of rotatable bonds is 8. The van der Waals surface area contributed by atoms with Crippen molar-refractivity contribution in [2.75, 3.05) is 13.2 Å². The molecule has 1 aliphatic rings. The molecule has 0 spiro atoms. The lowest BCUT2D eigenvalue weighted by molar-refractivity contribution is -0.120. The first-order valence-corrected chi connectivity index (χ1v) is 9.93. The first-order chi connectivity index (χ1) is 12.3. The molecule has 2 aromatic heterocycles. The fourth-order valence-electron chi connectivity index (χ4n) is 3.00. The molecular weight excluding hydrogens is 334 g/mol. The lowest BCUT2D eigenvalue weighted by atomic mass is 9.98. The molecule has 0 aromatic carbocycles. The van der Waals surface area contributed by atoms with E-state index >= 15 is 0 Å². The standard InChI is InChI=1S/C19H25N3O2S/c23-18(21-11-6-12-24-16-7-2-1-3-8-16)13-15-14-25-19(22-15)17-9-4-5-10-20-17/h4-5,9-10,14,16H,1-3,6-8,11-13H2,(H,21,23). The van der Waals surface area contributed by atoms with Crippen molar-refractivity contribution < 1.29 is 9.53 Å². The van der Waals surface area contributed by atoms with Gasteiger partial charge in [-0.2, -0.15) is 0 Å². The van der Waals surface area contributed by atoms with Crippen LogP contribution in [-0.2, 0) is 16.0 Å². The summed E-state index contributed by atoms with van der Waals surface area (Å²) in [5.41, 5.74) is 1.64. The third-order valence-corrected chi connectivity index (χ3v) is 5.24. The maximum Gasteiger partial charge on any atom is 0.226 e. The molecule has 0 bridgehead atoms. The maximum atomic E-state index is 12.0. The molecule has 25 heavy (non-hydrogen) atoms. The molecule has 5 nitrogen and oxygen atoms in total. The number of nitrogens with one attached hydrogen (secondary N) is 1. The molecule has 2 aromatic rings. The van der Waals surface area contributed by atoms with Crippen molar-refractivity contribution in [3.8, 4) is 10.7 Å². The van der Waals surface area contributed by atoms with Crippen molar-refractivity contribution in [1.82, 2.24) is 15.3 Å². The van der Waals surface area contributed by atoms with Gasteiger partial charge in [0.15, 0.2) is 0 Å². The Morgan fingerprint density at radius 1 is 1.28 bits per heavy atom. The predicted octanol–water partition coefficient (Wildman–Crippen LogP) is 3.60. The van der Waals surface area contributed by atoms with E-state index in [-0.39, 0.29) is 5.91 Å². The molecule has 2 heterocycles. The van der Waals surface area contributed by atoms with E-state index in [9.17, 15) is 4.79 Å².